The third-order valence-electron chi connectivity index (χ3n) is 5.99. The maximum Gasteiger partial charge on any atom is 0.187 e. The summed E-state index contributed by atoms with van der Waals surface area (Å²) < 4.78 is 31.9. The van der Waals surface area contributed by atoms with Crippen LogP contribution in [-0.2, 0) is 43.5 Å². The van der Waals surface area contributed by atoms with E-state index in [0.717, 1.165) is 16.7 Å². The number of ether oxygens (including phenoxy) is 5. The second-order valence-corrected chi connectivity index (χ2v) is 9.18. The second kappa shape index (κ2) is 13.0. The summed E-state index contributed by atoms with van der Waals surface area (Å²) in [5.41, 5.74) is 3.28. The second-order valence-electron chi connectivity index (χ2n) is 9.18. The highest BCUT2D eigenvalue weighted by molar-refractivity contribution is 5.15. The molecule has 0 radical (unpaired) electrons. The highest BCUT2D eigenvalue weighted by Crippen LogP contribution is 2.31. The Hall–Kier alpha value is -2.54. The van der Waals surface area contributed by atoms with Crippen molar-refractivity contribution in [2.24, 2.45) is 0 Å². The number of rotatable bonds is 11. The summed E-state index contributed by atoms with van der Waals surface area (Å²) in [6.45, 7) is 7.35. The van der Waals surface area contributed by atoms with E-state index in [4.69, 9.17) is 23.7 Å². The molecule has 1 saturated heterocycles. The van der Waals surface area contributed by atoms with Crippen LogP contribution in [0.15, 0.2) is 91.0 Å². The third kappa shape index (κ3) is 7.47. The molecule has 1 aliphatic rings. The van der Waals surface area contributed by atoms with Gasteiger partial charge in [0, 0.05) is 0 Å². The first-order valence-corrected chi connectivity index (χ1v) is 12.4. The van der Waals surface area contributed by atoms with E-state index in [0.29, 0.717) is 19.8 Å². The molecule has 3 aromatic rings. The van der Waals surface area contributed by atoms with Gasteiger partial charge in [0.1, 0.15) is 18.3 Å². The molecule has 5 heteroatoms. The number of benzene rings is 3. The molecule has 1 aliphatic heterocycles. The summed E-state index contributed by atoms with van der Waals surface area (Å²) >= 11 is 0. The molecule has 3 aromatic carbocycles. The van der Waals surface area contributed by atoms with Crippen molar-refractivity contribution in [3.8, 4) is 0 Å². The predicted molar refractivity (Wildman–Crippen MR) is 136 cm³/mol. The molecule has 1 heterocycles. The molecule has 0 aromatic heterocycles. The SMILES string of the molecule is CC(C)O[C@@H]1O[C@@H](C)[C@@H](OCc2ccccc2)[C@@H](OCc2ccccc2)[C@@H]1OCc1ccccc1. The largest absolute Gasteiger partial charge is 0.368 e. The Morgan fingerprint density at radius 1 is 0.600 bits per heavy atom. The molecule has 5 atom stereocenters. The van der Waals surface area contributed by atoms with Gasteiger partial charge in [-0.3, -0.25) is 0 Å². The van der Waals surface area contributed by atoms with Crippen LogP contribution in [0.5, 0.6) is 0 Å². The molecule has 4 rings (SSSR count). The average Bonchev–Trinajstić information content (AvgIpc) is 2.88. The fraction of sp³-hybridized carbons (Fsp3) is 0.400. The van der Waals surface area contributed by atoms with Crippen molar-refractivity contribution in [3.63, 3.8) is 0 Å². The fourth-order valence-electron chi connectivity index (χ4n) is 4.25. The molecule has 0 spiro atoms. The van der Waals surface area contributed by atoms with E-state index < -0.39 is 12.4 Å². The first kappa shape index (κ1) is 25.5. The van der Waals surface area contributed by atoms with E-state index in [1.165, 1.54) is 0 Å². The Morgan fingerprint density at radius 2 is 1.00 bits per heavy atom. The highest BCUT2D eigenvalue weighted by atomic mass is 16.7. The quantitative estimate of drug-likeness (QED) is 0.344. The van der Waals surface area contributed by atoms with Crippen LogP contribution in [-0.4, -0.2) is 36.8 Å². The van der Waals surface area contributed by atoms with Gasteiger partial charge in [0.2, 0.25) is 0 Å². The predicted octanol–water partition coefficient (Wildman–Crippen LogP) is 5.91. The van der Waals surface area contributed by atoms with Crippen molar-refractivity contribution in [1.82, 2.24) is 0 Å². The Morgan fingerprint density at radius 3 is 1.43 bits per heavy atom. The van der Waals surface area contributed by atoms with Gasteiger partial charge >= 0.3 is 0 Å². The van der Waals surface area contributed by atoms with Crippen molar-refractivity contribution in [3.05, 3.63) is 108 Å². The van der Waals surface area contributed by atoms with E-state index in [9.17, 15) is 0 Å². The summed E-state index contributed by atoms with van der Waals surface area (Å²) in [4.78, 5) is 0. The van der Waals surface area contributed by atoms with Crippen molar-refractivity contribution < 1.29 is 23.7 Å². The maximum absolute atomic E-state index is 6.54. The van der Waals surface area contributed by atoms with Crippen LogP contribution in [0, 0.1) is 0 Å². The Balaban J connectivity index is 1.57. The topological polar surface area (TPSA) is 46.2 Å². The summed E-state index contributed by atoms with van der Waals surface area (Å²) in [6.07, 6.45) is -1.99. The minimum Gasteiger partial charge on any atom is -0.368 e. The van der Waals surface area contributed by atoms with E-state index in [1.807, 2.05) is 87.5 Å². The first-order valence-electron chi connectivity index (χ1n) is 12.4. The molecule has 5 nitrogen and oxygen atoms in total. The van der Waals surface area contributed by atoms with Gasteiger partial charge in [0.15, 0.2) is 6.29 Å². The summed E-state index contributed by atoms with van der Waals surface area (Å²) in [5, 5.41) is 0. The van der Waals surface area contributed by atoms with Crippen LogP contribution in [0.1, 0.15) is 37.5 Å². The van der Waals surface area contributed by atoms with Crippen molar-refractivity contribution in [2.45, 2.75) is 77.4 Å². The minimum atomic E-state index is -0.564. The van der Waals surface area contributed by atoms with Crippen molar-refractivity contribution in [1.29, 1.82) is 0 Å². The number of hydrogen-bond donors (Lipinski definition) is 0. The molecule has 186 valence electrons. The van der Waals surface area contributed by atoms with E-state index >= 15 is 0 Å². The fourth-order valence-corrected chi connectivity index (χ4v) is 4.25. The molecular weight excluding hydrogens is 440 g/mol. The van der Waals surface area contributed by atoms with Gasteiger partial charge in [-0.25, -0.2) is 0 Å². The Labute approximate surface area is 208 Å². The van der Waals surface area contributed by atoms with Gasteiger partial charge in [-0.05, 0) is 37.5 Å². The van der Waals surface area contributed by atoms with E-state index in [1.54, 1.807) is 0 Å². The summed E-state index contributed by atoms with van der Waals surface area (Å²) in [5.74, 6) is 0. The van der Waals surface area contributed by atoms with Gasteiger partial charge < -0.3 is 23.7 Å². The lowest BCUT2D eigenvalue weighted by Crippen LogP contribution is -2.60. The summed E-state index contributed by atoms with van der Waals surface area (Å²) in [7, 11) is 0. The van der Waals surface area contributed by atoms with Gasteiger partial charge in [-0.2, -0.15) is 0 Å². The molecule has 0 unspecified atom stereocenters. The zero-order chi connectivity index (χ0) is 24.5. The third-order valence-corrected chi connectivity index (χ3v) is 5.99. The van der Waals surface area contributed by atoms with Crippen molar-refractivity contribution in [2.75, 3.05) is 0 Å². The lowest BCUT2D eigenvalue weighted by Gasteiger charge is -2.45. The maximum atomic E-state index is 6.54. The molecule has 0 bridgehead atoms. The van der Waals surface area contributed by atoms with Crippen LogP contribution < -0.4 is 0 Å². The van der Waals surface area contributed by atoms with Crippen molar-refractivity contribution >= 4 is 0 Å². The number of hydrogen-bond acceptors (Lipinski definition) is 5. The van der Waals surface area contributed by atoms with Gasteiger partial charge in [-0.15, -0.1) is 0 Å². The van der Waals surface area contributed by atoms with Crippen LogP contribution in [0.25, 0.3) is 0 Å². The normalized spacial score (nSPS) is 24.5. The van der Waals surface area contributed by atoms with Crippen LogP contribution >= 0.6 is 0 Å². The van der Waals surface area contributed by atoms with E-state index in [-0.39, 0.29) is 24.4 Å². The Kier molecular flexibility index (Phi) is 9.46. The van der Waals surface area contributed by atoms with Crippen LogP contribution in [0.4, 0.5) is 0 Å². The van der Waals surface area contributed by atoms with Gasteiger partial charge in [0.25, 0.3) is 0 Å². The molecule has 1 fully saturated rings. The highest BCUT2D eigenvalue weighted by Gasteiger charge is 2.47. The first-order chi connectivity index (χ1) is 17.1. The Bertz CT molecular complexity index is 979. The summed E-state index contributed by atoms with van der Waals surface area (Å²) in [6, 6.07) is 30.4. The minimum absolute atomic E-state index is 0.0217. The molecule has 0 aliphatic carbocycles. The van der Waals surface area contributed by atoms with Crippen LogP contribution in [0.2, 0.25) is 0 Å². The average molecular weight is 477 g/mol. The smallest absolute Gasteiger partial charge is 0.187 e. The zero-order valence-electron chi connectivity index (χ0n) is 20.8. The molecule has 0 saturated carbocycles. The molecular formula is C30H36O5. The van der Waals surface area contributed by atoms with Crippen LogP contribution in [0.3, 0.4) is 0 Å². The van der Waals surface area contributed by atoms with Gasteiger partial charge in [-0.1, -0.05) is 91.0 Å². The molecule has 0 N–H and O–H groups in total. The zero-order valence-corrected chi connectivity index (χ0v) is 20.8. The standard InChI is InChI=1S/C30H36O5/c1-22(2)34-30-29(33-21-26-17-11-6-12-18-26)28(32-20-25-15-9-5-10-16-25)27(23(3)35-30)31-19-24-13-7-4-8-14-24/h4-18,22-23,27-30H,19-21H2,1-3H3/t23-,27+,28+,29-,30+/m0/s1. The molecule has 35 heavy (non-hydrogen) atoms. The van der Waals surface area contributed by atoms with Gasteiger partial charge in [0.05, 0.1) is 32.0 Å². The monoisotopic (exact) mass is 476 g/mol. The van der Waals surface area contributed by atoms with E-state index in [2.05, 4.69) is 24.3 Å². The lowest BCUT2D eigenvalue weighted by molar-refractivity contribution is -0.326. The lowest BCUT2D eigenvalue weighted by atomic mass is 9.98. The molecule has 0 amide bonds.